The Kier molecular flexibility index (Phi) is 4.92. The maximum absolute atomic E-state index is 2.51. The van der Waals surface area contributed by atoms with Gasteiger partial charge in [-0.05, 0) is 44.4 Å². The molecule has 0 heterocycles. The first kappa shape index (κ1) is 14.9. The van der Waals surface area contributed by atoms with E-state index in [1.807, 2.05) is 0 Å². The monoisotopic (exact) mass is 260 g/mol. The molecule has 0 aromatic heterocycles. The Morgan fingerprint density at radius 3 is 2.53 bits per heavy atom. The zero-order valence-corrected chi connectivity index (χ0v) is 13.6. The van der Waals surface area contributed by atoms with Gasteiger partial charge >= 0.3 is 0 Å². The average molecular weight is 260 g/mol. The first-order valence-electron chi connectivity index (χ1n) is 8.36. The average Bonchev–Trinajstić information content (AvgIpc) is 2.49. The molecule has 2 aliphatic rings. The number of allylic oxidation sites excluding steroid dienone is 4. The molecule has 0 radical (unpaired) electrons. The van der Waals surface area contributed by atoms with Crippen LogP contribution in [-0.2, 0) is 0 Å². The van der Waals surface area contributed by atoms with Crippen molar-refractivity contribution in [2.45, 2.75) is 73.1 Å². The van der Waals surface area contributed by atoms with Crippen LogP contribution in [0.2, 0.25) is 0 Å². The molecule has 108 valence electrons. The van der Waals surface area contributed by atoms with Crippen LogP contribution in [0.1, 0.15) is 73.1 Å². The highest BCUT2D eigenvalue weighted by atomic mass is 14.3. The van der Waals surface area contributed by atoms with E-state index in [1.54, 1.807) is 11.1 Å². The van der Waals surface area contributed by atoms with Gasteiger partial charge in [-0.15, -0.1) is 0 Å². The largest absolute Gasteiger partial charge is 0.0630 e. The van der Waals surface area contributed by atoms with Crippen molar-refractivity contribution in [2.75, 3.05) is 0 Å². The topological polar surface area (TPSA) is 0 Å². The Morgan fingerprint density at radius 1 is 1.11 bits per heavy atom. The number of hydrogen-bond acceptors (Lipinski definition) is 0. The number of hydrogen-bond donors (Lipinski definition) is 0. The second kappa shape index (κ2) is 6.29. The third-order valence-corrected chi connectivity index (χ3v) is 5.46. The molecule has 0 bridgehead atoms. The second-order valence-electron chi connectivity index (χ2n) is 7.49. The molecule has 0 spiro atoms. The molecule has 0 aromatic carbocycles. The van der Waals surface area contributed by atoms with Gasteiger partial charge in [-0.1, -0.05) is 69.2 Å². The molecular formula is C19H32. The normalized spacial score (nSPS) is 32.7. The lowest BCUT2D eigenvalue weighted by Crippen LogP contribution is -2.13. The first-order chi connectivity index (χ1) is 8.99. The summed E-state index contributed by atoms with van der Waals surface area (Å²) in [5, 5.41) is 0. The molecule has 2 aliphatic carbocycles. The van der Waals surface area contributed by atoms with Crippen molar-refractivity contribution in [3.05, 3.63) is 22.8 Å². The van der Waals surface area contributed by atoms with Crippen LogP contribution in [0.5, 0.6) is 0 Å². The predicted octanol–water partition coefficient (Wildman–Crippen LogP) is 6.14. The Labute approximate surface area is 120 Å². The van der Waals surface area contributed by atoms with E-state index in [-0.39, 0.29) is 0 Å². The number of rotatable bonds is 3. The fourth-order valence-corrected chi connectivity index (χ4v) is 4.22. The molecule has 0 aliphatic heterocycles. The van der Waals surface area contributed by atoms with Gasteiger partial charge in [-0.2, -0.15) is 0 Å². The Hall–Kier alpha value is -0.520. The van der Waals surface area contributed by atoms with Crippen molar-refractivity contribution in [2.24, 2.45) is 23.7 Å². The maximum Gasteiger partial charge on any atom is 0.00362 e. The minimum absolute atomic E-state index is 0.737. The lowest BCUT2D eigenvalue weighted by Gasteiger charge is -2.24. The molecule has 1 saturated carbocycles. The van der Waals surface area contributed by atoms with Crippen LogP contribution >= 0.6 is 0 Å². The molecule has 0 N–H and O–H groups in total. The standard InChI is InChI=1S/C19H32/c1-13(2)19-16(5)15(4)11-18(19)12-17-8-6-7-14(3)9-10-17/h11,13-14,17,19H,6-10,12H2,1-5H3. The van der Waals surface area contributed by atoms with E-state index in [1.165, 1.54) is 44.1 Å². The smallest absolute Gasteiger partial charge is 0.00362 e. The Morgan fingerprint density at radius 2 is 1.84 bits per heavy atom. The Balaban J connectivity index is 2.01. The van der Waals surface area contributed by atoms with Crippen molar-refractivity contribution < 1.29 is 0 Å². The van der Waals surface area contributed by atoms with Crippen molar-refractivity contribution in [1.29, 1.82) is 0 Å². The molecule has 2 rings (SSSR count). The summed E-state index contributed by atoms with van der Waals surface area (Å²) in [5.41, 5.74) is 4.91. The summed E-state index contributed by atoms with van der Waals surface area (Å²) < 4.78 is 0. The van der Waals surface area contributed by atoms with Gasteiger partial charge in [0.05, 0.1) is 0 Å². The molecule has 0 nitrogen and oxygen atoms in total. The van der Waals surface area contributed by atoms with Crippen LogP contribution in [-0.4, -0.2) is 0 Å². The van der Waals surface area contributed by atoms with E-state index < -0.39 is 0 Å². The summed E-state index contributed by atoms with van der Waals surface area (Å²) >= 11 is 0. The van der Waals surface area contributed by atoms with Gasteiger partial charge in [0.1, 0.15) is 0 Å². The van der Waals surface area contributed by atoms with E-state index in [0.29, 0.717) is 0 Å². The van der Waals surface area contributed by atoms with E-state index in [9.17, 15) is 0 Å². The molecule has 3 unspecified atom stereocenters. The molecule has 3 atom stereocenters. The zero-order valence-electron chi connectivity index (χ0n) is 13.6. The summed E-state index contributed by atoms with van der Waals surface area (Å²) in [5.74, 6) is 3.41. The molecule has 0 heteroatoms. The first-order valence-corrected chi connectivity index (χ1v) is 8.36. The molecule has 0 saturated heterocycles. The second-order valence-corrected chi connectivity index (χ2v) is 7.49. The summed E-state index contributed by atoms with van der Waals surface area (Å²) in [6, 6.07) is 0. The highest BCUT2D eigenvalue weighted by molar-refractivity contribution is 5.40. The van der Waals surface area contributed by atoms with E-state index in [0.717, 1.165) is 23.7 Å². The molecule has 19 heavy (non-hydrogen) atoms. The van der Waals surface area contributed by atoms with Gasteiger partial charge in [-0.25, -0.2) is 0 Å². The highest BCUT2D eigenvalue weighted by Crippen LogP contribution is 2.41. The van der Waals surface area contributed by atoms with Crippen LogP contribution in [0.3, 0.4) is 0 Å². The predicted molar refractivity (Wildman–Crippen MR) is 85.1 cm³/mol. The summed E-state index contributed by atoms with van der Waals surface area (Å²) in [7, 11) is 0. The van der Waals surface area contributed by atoms with Gasteiger partial charge in [0, 0.05) is 5.92 Å². The quantitative estimate of drug-likeness (QED) is 0.534. The summed E-state index contributed by atoms with van der Waals surface area (Å²) in [6.07, 6.45) is 11.2. The lowest BCUT2D eigenvalue weighted by molar-refractivity contribution is 0.409. The third kappa shape index (κ3) is 3.52. The van der Waals surface area contributed by atoms with Crippen LogP contribution < -0.4 is 0 Å². The fraction of sp³-hybridized carbons (Fsp3) is 0.789. The van der Waals surface area contributed by atoms with Crippen molar-refractivity contribution in [3.8, 4) is 0 Å². The lowest BCUT2D eigenvalue weighted by atomic mass is 9.80. The van der Waals surface area contributed by atoms with Gasteiger partial charge < -0.3 is 0 Å². The molecular weight excluding hydrogens is 228 g/mol. The van der Waals surface area contributed by atoms with Crippen LogP contribution in [0.4, 0.5) is 0 Å². The van der Waals surface area contributed by atoms with Gasteiger partial charge in [0.2, 0.25) is 0 Å². The van der Waals surface area contributed by atoms with Gasteiger partial charge in [0.15, 0.2) is 0 Å². The van der Waals surface area contributed by atoms with Gasteiger partial charge in [0.25, 0.3) is 0 Å². The molecule has 0 amide bonds. The molecule has 1 fully saturated rings. The summed E-state index contributed by atoms with van der Waals surface area (Å²) in [6.45, 7) is 11.8. The summed E-state index contributed by atoms with van der Waals surface area (Å²) in [4.78, 5) is 0. The van der Waals surface area contributed by atoms with E-state index >= 15 is 0 Å². The van der Waals surface area contributed by atoms with E-state index in [4.69, 9.17) is 0 Å². The fourth-order valence-electron chi connectivity index (χ4n) is 4.22. The zero-order chi connectivity index (χ0) is 14.0. The van der Waals surface area contributed by atoms with Crippen LogP contribution in [0, 0.1) is 23.7 Å². The Bertz CT molecular complexity index is 369. The van der Waals surface area contributed by atoms with Crippen molar-refractivity contribution in [1.82, 2.24) is 0 Å². The van der Waals surface area contributed by atoms with Crippen molar-refractivity contribution >= 4 is 0 Å². The SMILES string of the molecule is CC1=C(C)C(C(C)C)C(CC2CCCC(C)CC2)=C1. The van der Waals surface area contributed by atoms with Crippen LogP contribution in [0.15, 0.2) is 22.8 Å². The van der Waals surface area contributed by atoms with Gasteiger partial charge in [-0.3, -0.25) is 0 Å². The molecule has 0 aromatic rings. The third-order valence-electron chi connectivity index (χ3n) is 5.46. The van der Waals surface area contributed by atoms with Crippen molar-refractivity contribution in [3.63, 3.8) is 0 Å². The van der Waals surface area contributed by atoms with Crippen LogP contribution in [0.25, 0.3) is 0 Å². The maximum atomic E-state index is 2.51. The minimum atomic E-state index is 0.737. The minimum Gasteiger partial charge on any atom is -0.0630 e. The van der Waals surface area contributed by atoms with E-state index in [2.05, 4.69) is 40.7 Å². The highest BCUT2D eigenvalue weighted by Gasteiger charge is 2.28.